The summed E-state index contributed by atoms with van der Waals surface area (Å²) in [5.41, 5.74) is 0. The van der Waals surface area contributed by atoms with Crippen molar-refractivity contribution < 1.29 is 68.2 Å². The van der Waals surface area contributed by atoms with Crippen molar-refractivity contribution in [3.63, 3.8) is 0 Å². The molecule has 0 atom stereocenters. The summed E-state index contributed by atoms with van der Waals surface area (Å²) < 4.78 is 60.2. The van der Waals surface area contributed by atoms with Gasteiger partial charge in [-0.2, -0.15) is 0 Å². The van der Waals surface area contributed by atoms with Crippen molar-refractivity contribution in [3.05, 3.63) is 0 Å². The standard InChI is InChI=1S/C15H40O15Si5/c1-31(21-11-6-16)26-32(2,22-12-7-17)28-34(4,24-14-9-19)30-35(5,25-15-10-20)29-33(3,27-31)23-13-8-18/h16-20H,6-15H2,1-5H3. The van der Waals surface area contributed by atoms with Crippen LogP contribution in [0.25, 0.3) is 0 Å². The highest BCUT2D eigenvalue weighted by atomic mass is 28.6. The molecule has 0 aromatic carbocycles. The molecule has 1 aliphatic heterocycles. The maximum absolute atomic E-state index is 9.37. The summed E-state index contributed by atoms with van der Waals surface area (Å²) in [7, 11) is -18.9. The molecule has 20 heteroatoms. The monoisotopic (exact) mass is 600 g/mol. The number of hydrogen-bond acceptors (Lipinski definition) is 15. The van der Waals surface area contributed by atoms with Gasteiger partial charge in [0.25, 0.3) is 0 Å². The fourth-order valence-electron chi connectivity index (χ4n) is 3.24. The van der Waals surface area contributed by atoms with Crippen molar-refractivity contribution in [3.8, 4) is 0 Å². The molecule has 0 aliphatic carbocycles. The van der Waals surface area contributed by atoms with Crippen molar-refractivity contribution in [1.29, 1.82) is 0 Å². The molecule has 0 amide bonds. The predicted octanol–water partition coefficient (Wildman–Crippen LogP) is -2.03. The minimum absolute atomic E-state index is 0.139. The van der Waals surface area contributed by atoms with E-state index in [0.29, 0.717) is 0 Å². The normalized spacial score (nSPS) is 36.9. The zero-order valence-electron chi connectivity index (χ0n) is 20.9. The third-order valence-electron chi connectivity index (χ3n) is 4.13. The molecule has 15 nitrogen and oxygen atoms in total. The summed E-state index contributed by atoms with van der Waals surface area (Å²) in [4.78, 5) is 0. The van der Waals surface area contributed by atoms with Gasteiger partial charge in [-0.1, -0.05) is 0 Å². The molecule has 1 rings (SSSR count). The SMILES string of the molecule is C[Si]1(OCCO)O[Si](C)(OCCO)O[Si](C)(OCCO)O[Si](C)(OCCO)O[Si](C)(OCCO)O1. The Morgan fingerprint density at radius 1 is 0.371 bits per heavy atom. The Morgan fingerprint density at radius 3 is 0.629 bits per heavy atom. The number of hydrogen-bond donors (Lipinski definition) is 5. The maximum atomic E-state index is 9.37. The molecule has 1 saturated heterocycles. The van der Waals surface area contributed by atoms with Gasteiger partial charge in [0.15, 0.2) is 0 Å². The van der Waals surface area contributed by atoms with Gasteiger partial charge >= 0.3 is 44.0 Å². The molecule has 0 spiro atoms. The number of aliphatic hydroxyl groups excluding tert-OH is 5. The molecular formula is C15H40O15Si5. The molecule has 0 unspecified atom stereocenters. The van der Waals surface area contributed by atoms with Crippen LogP contribution in [0.2, 0.25) is 32.7 Å². The van der Waals surface area contributed by atoms with Crippen LogP contribution in [0.3, 0.4) is 0 Å². The van der Waals surface area contributed by atoms with Crippen LogP contribution in [0.4, 0.5) is 0 Å². The van der Waals surface area contributed by atoms with Crippen molar-refractivity contribution in [1.82, 2.24) is 0 Å². The second-order valence-corrected chi connectivity index (χ2v) is 21.8. The summed E-state index contributed by atoms with van der Waals surface area (Å²) in [6.45, 7) is 5.36. The Morgan fingerprint density at radius 2 is 0.514 bits per heavy atom. The minimum atomic E-state index is -3.77. The maximum Gasteiger partial charge on any atom is 0.483 e. The molecule has 0 bridgehead atoms. The molecule has 1 aliphatic rings. The highest BCUT2D eigenvalue weighted by molar-refractivity contribution is 6.88. The van der Waals surface area contributed by atoms with Gasteiger partial charge in [-0.3, -0.25) is 0 Å². The van der Waals surface area contributed by atoms with Crippen LogP contribution >= 0.6 is 0 Å². The van der Waals surface area contributed by atoms with Gasteiger partial charge in [0.2, 0.25) is 0 Å². The van der Waals surface area contributed by atoms with Gasteiger partial charge in [-0.15, -0.1) is 0 Å². The molecule has 0 aromatic rings. The van der Waals surface area contributed by atoms with E-state index in [1.807, 2.05) is 0 Å². The van der Waals surface area contributed by atoms with Crippen LogP contribution in [-0.4, -0.2) is 136 Å². The van der Waals surface area contributed by atoms with Gasteiger partial charge in [0.1, 0.15) is 0 Å². The Labute approximate surface area is 211 Å². The van der Waals surface area contributed by atoms with Crippen LogP contribution in [0.15, 0.2) is 0 Å². The summed E-state index contributed by atoms with van der Waals surface area (Å²) in [6.07, 6.45) is 0. The quantitative estimate of drug-likeness (QED) is 0.129. The van der Waals surface area contributed by atoms with E-state index >= 15 is 0 Å². The highest BCUT2D eigenvalue weighted by Crippen LogP contribution is 2.33. The molecule has 0 saturated carbocycles. The first-order chi connectivity index (χ1) is 16.3. The minimum Gasteiger partial charge on any atom is -0.394 e. The molecule has 210 valence electrons. The lowest BCUT2D eigenvalue weighted by molar-refractivity contribution is 0.00949. The predicted molar refractivity (Wildman–Crippen MR) is 129 cm³/mol. The van der Waals surface area contributed by atoms with E-state index in [1.54, 1.807) is 32.7 Å². The first kappa shape index (κ1) is 33.5. The lowest BCUT2D eigenvalue weighted by atomic mass is 10.8. The topological polar surface area (TPSA) is 193 Å². The van der Waals surface area contributed by atoms with E-state index in [-0.39, 0.29) is 66.1 Å². The summed E-state index contributed by atoms with van der Waals surface area (Å²) >= 11 is 0. The van der Waals surface area contributed by atoms with E-state index in [9.17, 15) is 25.5 Å². The fraction of sp³-hybridized carbons (Fsp3) is 1.00. The zero-order valence-corrected chi connectivity index (χ0v) is 25.9. The Kier molecular flexibility index (Phi) is 14.5. The van der Waals surface area contributed by atoms with Crippen LogP contribution < -0.4 is 0 Å². The third-order valence-corrected chi connectivity index (χ3v) is 22.6. The Balaban J connectivity index is 3.62. The molecule has 1 fully saturated rings. The molecular weight excluding hydrogens is 561 g/mol. The third kappa shape index (κ3) is 11.8. The van der Waals surface area contributed by atoms with Crippen LogP contribution in [0.5, 0.6) is 0 Å². The van der Waals surface area contributed by atoms with E-state index in [0.717, 1.165) is 0 Å². The van der Waals surface area contributed by atoms with Gasteiger partial charge in [0.05, 0.1) is 66.1 Å². The van der Waals surface area contributed by atoms with Gasteiger partial charge in [-0.05, 0) is 0 Å². The van der Waals surface area contributed by atoms with Gasteiger partial charge in [-0.25, -0.2) is 0 Å². The Bertz CT molecular complexity index is 479. The molecule has 0 radical (unpaired) electrons. The summed E-state index contributed by atoms with van der Waals surface area (Å²) in [5, 5.41) is 46.8. The van der Waals surface area contributed by atoms with E-state index in [2.05, 4.69) is 0 Å². The molecule has 35 heavy (non-hydrogen) atoms. The average molecular weight is 601 g/mol. The van der Waals surface area contributed by atoms with Crippen molar-refractivity contribution >= 4 is 44.0 Å². The van der Waals surface area contributed by atoms with Crippen molar-refractivity contribution in [2.45, 2.75) is 32.7 Å². The fourth-order valence-corrected chi connectivity index (χ4v) is 24.1. The molecule has 5 N–H and O–H groups in total. The van der Waals surface area contributed by atoms with Crippen LogP contribution in [-0.2, 0) is 42.7 Å². The summed E-state index contributed by atoms with van der Waals surface area (Å²) in [6, 6.07) is 0. The van der Waals surface area contributed by atoms with Gasteiger partial charge < -0.3 is 68.2 Å². The first-order valence-electron chi connectivity index (χ1n) is 11.1. The zero-order chi connectivity index (χ0) is 26.6. The smallest absolute Gasteiger partial charge is 0.394 e. The lowest BCUT2D eigenvalue weighted by Crippen LogP contribution is -2.70. The van der Waals surface area contributed by atoms with E-state index in [1.165, 1.54) is 0 Å². The molecule has 0 aromatic heterocycles. The number of rotatable bonds is 15. The average Bonchev–Trinajstić information content (AvgIpc) is 2.76. The van der Waals surface area contributed by atoms with Crippen molar-refractivity contribution in [2.24, 2.45) is 0 Å². The number of aliphatic hydroxyl groups is 5. The van der Waals surface area contributed by atoms with Crippen molar-refractivity contribution in [2.75, 3.05) is 66.1 Å². The second kappa shape index (κ2) is 15.2. The van der Waals surface area contributed by atoms with Crippen LogP contribution in [0, 0.1) is 0 Å². The Hall–Kier alpha value is 0.484. The largest absolute Gasteiger partial charge is 0.483 e. The van der Waals surface area contributed by atoms with E-state index < -0.39 is 44.0 Å². The molecule has 1 heterocycles. The lowest BCUT2D eigenvalue weighted by Gasteiger charge is -2.46. The van der Waals surface area contributed by atoms with E-state index in [4.69, 9.17) is 42.7 Å². The first-order valence-corrected chi connectivity index (χ1v) is 22.2. The highest BCUT2D eigenvalue weighted by Gasteiger charge is 2.63. The summed E-state index contributed by atoms with van der Waals surface area (Å²) in [5.74, 6) is 0. The van der Waals surface area contributed by atoms with Gasteiger partial charge in [0, 0.05) is 32.7 Å². The van der Waals surface area contributed by atoms with Crippen LogP contribution in [0.1, 0.15) is 0 Å². The second-order valence-electron chi connectivity index (χ2n) is 7.68.